The second kappa shape index (κ2) is 4.91. The molecule has 0 aromatic rings. The Kier molecular flexibility index (Phi) is 3.55. The van der Waals surface area contributed by atoms with Gasteiger partial charge in [0, 0.05) is 45.9 Å². The first-order valence-corrected chi connectivity index (χ1v) is 5.18. The first-order valence-electron chi connectivity index (χ1n) is 5.18. The third-order valence-electron chi connectivity index (χ3n) is 2.78. The number of nitrogens with one attached hydrogen (secondary N) is 1. The number of hydrogen-bond acceptors (Lipinski definition) is 4. The summed E-state index contributed by atoms with van der Waals surface area (Å²) in [5.41, 5.74) is 0. The third kappa shape index (κ3) is 2.91. The van der Waals surface area contributed by atoms with E-state index in [1.54, 1.807) is 0 Å². The minimum absolute atomic E-state index is 0.915. The summed E-state index contributed by atoms with van der Waals surface area (Å²) in [5.74, 6) is 0. The van der Waals surface area contributed by atoms with Crippen LogP contribution < -0.4 is 5.32 Å². The molecule has 0 unspecified atom stereocenters. The second-order valence-corrected chi connectivity index (χ2v) is 3.73. The van der Waals surface area contributed by atoms with Crippen molar-refractivity contribution < 1.29 is 4.74 Å². The lowest BCUT2D eigenvalue weighted by atomic mass is 10.4. The van der Waals surface area contributed by atoms with Gasteiger partial charge in [0.1, 0.15) is 0 Å². The van der Waals surface area contributed by atoms with Crippen molar-refractivity contribution >= 4 is 0 Å². The standard InChI is InChI=1S/C9H19N3O/c1-2-12(9-10-1)4-3-11-5-7-13-8-6-11/h10H,1-9H2. The van der Waals surface area contributed by atoms with E-state index in [-0.39, 0.29) is 0 Å². The molecular weight excluding hydrogens is 166 g/mol. The summed E-state index contributed by atoms with van der Waals surface area (Å²) in [5, 5.41) is 3.34. The first kappa shape index (κ1) is 9.40. The highest BCUT2D eigenvalue weighted by Crippen LogP contribution is 1.98. The van der Waals surface area contributed by atoms with E-state index >= 15 is 0 Å². The zero-order valence-electron chi connectivity index (χ0n) is 8.17. The molecule has 13 heavy (non-hydrogen) atoms. The van der Waals surface area contributed by atoms with E-state index in [4.69, 9.17) is 4.74 Å². The maximum absolute atomic E-state index is 5.30. The van der Waals surface area contributed by atoms with Gasteiger partial charge >= 0.3 is 0 Å². The van der Waals surface area contributed by atoms with Crippen LogP contribution in [0.2, 0.25) is 0 Å². The Morgan fingerprint density at radius 3 is 2.46 bits per heavy atom. The van der Waals surface area contributed by atoms with E-state index in [0.717, 1.165) is 39.5 Å². The monoisotopic (exact) mass is 185 g/mol. The highest BCUT2D eigenvalue weighted by atomic mass is 16.5. The molecule has 0 aromatic carbocycles. The van der Waals surface area contributed by atoms with Crippen LogP contribution in [-0.4, -0.2) is 69.0 Å². The molecule has 2 aliphatic rings. The van der Waals surface area contributed by atoms with Crippen molar-refractivity contribution in [1.82, 2.24) is 15.1 Å². The topological polar surface area (TPSA) is 27.7 Å². The minimum Gasteiger partial charge on any atom is -0.379 e. The van der Waals surface area contributed by atoms with Gasteiger partial charge < -0.3 is 10.1 Å². The van der Waals surface area contributed by atoms with Gasteiger partial charge in [0.25, 0.3) is 0 Å². The van der Waals surface area contributed by atoms with E-state index in [9.17, 15) is 0 Å². The quantitative estimate of drug-likeness (QED) is 0.622. The van der Waals surface area contributed by atoms with Gasteiger partial charge in [-0.3, -0.25) is 9.80 Å². The van der Waals surface area contributed by atoms with E-state index in [1.165, 1.54) is 19.6 Å². The molecule has 1 N–H and O–H groups in total. The Hall–Kier alpha value is -0.160. The zero-order chi connectivity index (χ0) is 8.93. The number of morpholine rings is 1. The Morgan fingerprint density at radius 2 is 1.77 bits per heavy atom. The molecule has 2 heterocycles. The summed E-state index contributed by atoms with van der Waals surface area (Å²) in [7, 11) is 0. The van der Waals surface area contributed by atoms with Crippen LogP contribution in [0.25, 0.3) is 0 Å². The van der Waals surface area contributed by atoms with Gasteiger partial charge in [-0.1, -0.05) is 0 Å². The van der Waals surface area contributed by atoms with Crippen molar-refractivity contribution in [1.29, 1.82) is 0 Å². The lowest BCUT2D eigenvalue weighted by Crippen LogP contribution is -2.41. The van der Waals surface area contributed by atoms with E-state index in [0.29, 0.717) is 0 Å². The maximum atomic E-state index is 5.30. The third-order valence-corrected chi connectivity index (χ3v) is 2.78. The average Bonchev–Trinajstić information content (AvgIpc) is 2.69. The molecular formula is C9H19N3O. The van der Waals surface area contributed by atoms with E-state index in [1.807, 2.05) is 0 Å². The van der Waals surface area contributed by atoms with Crippen molar-refractivity contribution in [3.63, 3.8) is 0 Å². The Morgan fingerprint density at radius 1 is 1.00 bits per heavy atom. The first-order chi connectivity index (χ1) is 6.45. The van der Waals surface area contributed by atoms with Gasteiger partial charge in [0.05, 0.1) is 13.2 Å². The fraction of sp³-hybridized carbons (Fsp3) is 1.00. The molecule has 0 atom stereocenters. The van der Waals surface area contributed by atoms with Crippen molar-refractivity contribution in [2.75, 3.05) is 59.2 Å². The van der Waals surface area contributed by atoms with Crippen molar-refractivity contribution in [3.05, 3.63) is 0 Å². The van der Waals surface area contributed by atoms with Crippen molar-refractivity contribution in [2.45, 2.75) is 0 Å². The molecule has 2 saturated heterocycles. The molecule has 0 radical (unpaired) electrons. The van der Waals surface area contributed by atoms with Crippen LogP contribution in [0.3, 0.4) is 0 Å². The lowest BCUT2D eigenvalue weighted by Gasteiger charge is -2.28. The molecule has 76 valence electrons. The fourth-order valence-corrected chi connectivity index (χ4v) is 1.85. The summed E-state index contributed by atoms with van der Waals surface area (Å²) in [6, 6.07) is 0. The normalized spacial score (nSPS) is 26.8. The van der Waals surface area contributed by atoms with Gasteiger partial charge in [-0.2, -0.15) is 0 Å². The average molecular weight is 185 g/mol. The van der Waals surface area contributed by atoms with Crippen LogP contribution in [0.5, 0.6) is 0 Å². The molecule has 0 bridgehead atoms. The van der Waals surface area contributed by atoms with Crippen LogP contribution in [0.15, 0.2) is 0 Å². The fourth-order valence-electron chi connectivity index (χ4n) is 1.85. The van der Waals surface area contributed by atoms with Crippen molar-refractivity contribution in [2.24, 2.45) is 0 Å². The van der Waals surface area contributed by atoms with Gasteiger partial charge in [-0.25, -0.2) is 0 Å². The molecule has 0 aliphatic carbocycles. The number of hydrogen-bond donors (Lipinski definition) is 1. The SMILES string of the molecule is C1CN(CCN2CCOCC2)CN1. The van der Waals surface area contributed by atoms with Crippen LogP contribution in [0.4, 0.5) is 0 Å². The summed E-state index contributed by atoms with van der Waals surface area (Å²) >= 11 is 0. The molecule has 2 fully saturated rings. The van der Waals surface area contributed by atoms with Crippen LogP contribution in [0.1, 0.15) is 0 Å². The second-order valence-electron chi connectivity index (χ2n) is 3.73. The molecule has 0 spiro atoms. The highest BCUT2D eigenvalue weighted by Gasteiger charge is 2.14. The highest BCUT2D eigenvalue weighted by molar-refractivity contribution is 4.69. The predicted octanol–water partition coefficient (Wildman–Crippen LogP) is -0.819. The minimum atomic E-state index is 0.915. The molecule has 2 aliphatic heterocycles. The van der Waals surface area contributed by atoms with Gasteiger partial charge in [-0.05, 0) is 0 Å². The molecule has 4 nitrogen and oxygen atoms in total. The summed E-state index contributed by atoms with van der Waals surface area (Å²) in [6.45, 7) is 9.90. The number of nitrogens with zero attached hydrogens (tertiary/aromatic N) is 2. The Balaban J connectivity index is 1.60. The molecule has 0 aromatic heterocycles. The zero-order valence-corrected chi connectivity index (χ0v) is 8.17. The largest absolute Gasteiger partial charge is 0.379 e. The van der Waals surface area contributed by atoms with E-state index in [2.05, 4.69) is 15.1 Å². The van der Waals surface area contributed by atoms with Gasteiger partial charge in [0.2, 0.25) is 0 Å². The van der Waals surface area contributed by atoms with Crippen LogP contribution >= 0.6 is 0 Å². The summed E-state index contributed by atoms with van der Waals surface area (Å²) < 4.78 is 5.30. The summed E-state index contributed by atoms with van der Waals surface area (Å²) in [6.07, 6.45) is 0. The smallest absolute Gasteiger partial charge is 0.0594 e. The lowest BCUT2D eigenvalue weighted by molar-refractivity contribution is 0.0344. The number of rotatable bonds is 3. The van der Waals surface area contributed by atoms with Crippen molar-refractivity contribution in [3.8, 4) is 0 Å². The predicted molar refractivity (Wildman–Crippen MR) is 51.7 cm³/mol. The molecule has 0 saturated carbocycles. The van der Waals surface area contributed by atoms with Gasteiger partial charge in [0.15, 0.2) is 0 Å². The van der Waals surface area contributed by atoms with Crippen LogP contribution in [0, 0.1) is 0 Å². The summed E-state index contributed by atoms with van der Waals surface area (Å²) in [4.78, 5) is 4.96. The van der Waals surface area contributed by atoms with Gasteiger partial charge in [-0.15, -0.1) is 0 Å². The Bertz CT molecular complexity index is 142. The molecule has 0 amide bonds. The molecule has 2 rings (SSSR count). The Labute approximate surface area is 79.8 Å². The van der Waals surface area contributed by atoms with E-state index < -0.39 is 0 Å². The number of ether oxygens (including phenoxy) is 1. The molecule has 4 heteroatoms. The maximum Gasteiger partial charge on any atom is 0.0594 e. The van der Waals surface area contributed by atoms with Crippen LogP contribution in [-0.2, 0) is 4.74 Å².